The Morgan fingerprint density at radius 3 is 2.62 bits per heavy atom. The fraction of sp³-hybridized carbons (Fsp3) is 0.150. The molecule has 2 heterocycles. The van der Waals surface area contributed by atoms with Gasteiger partial charge in [0.1, 0.15) is 11.5 Å². The topological polar surface area (TPSA) is 34.7 Å². The second-order valence-electron chi connectivity index (χ2n) is 5.59. The van der Waals surface area contributed by atoms with Crippen LogP contribution >= 0.6 is 11.8 Å². The van der Waals surface area contributed by atoms with Crippen molar-refractivity contribution in [2.45, 2.75) is 16.6 Å². The number of hydrogen-bond donors (Lipinski definition) is 0. The Balaban J connectivity index is 1.75. The van der Waals surface area contributed by atoms with E-state index in [1.165, 1.54) is 10.5 Å². The molecule has 24 heavy (non-hydrogen) atoms. The average molecular weight is 335 g/mol. The van der Waals surface area contributed by atoms with E-state index < -0.39 is 0 Å². The van der Waals surface area contributed by atoms with Crippen LogP contribution in [0, 0.1) is 0 Å². The number of para-hydroxylation sites is 1. The quantitative estimate of drug-likeness (QED) is 0.620. The average Bonchev–Trinajstić information content (AvgIpc) is 3.09. The van der Waals surface area contributed by atoms with Crippen molar-refractivity contribution in [3.63, 3.8) is 0 Å². The SMILES string of the molecule is COc1ccc([C@@H]2CC(c3ccco3)=Nc3ccccc3S2)cc1. The molecule has 0 fully saturated rings. The maximum Gasteiger partial charge on any atom is 0.148 e. The second kappa shape index (κ2) is 6.57. The summed E-state index contributed by atoms with van der Waals surface area (Å²) in [6, 6.07) is 20.4. The monoisotopic (exact) mass is 335 g/mol. The molecule has 4 heteroatoms. The van der Waals surface area contributed by atoms with Crippen LogP contribution in [0.4, 0.5) is 5.69 Å². The van der Waals surface area contributed by atoms with Crippen molar-refractivity contribution < 1.29 is 9.15 Å². The van der Waals surface area contributed by atoms with Gasteiger partial charge < -0.3 is 9.15 Å². The van der Waals surface area contributed by atoms with Crippen LogP contribution in [0.2, 0.25) is 0 Å². The Hall–Kier alpha value is -2.46. The first kappa shape index (κ1) is 15.1. The van der Waals surface area contributed by atoms with Crippen LogP contribution in [-0.2, 0) is 0 Å². The van der Waals surface area contributed by atoms with E-state index >= 15 is 0 Å². The van der Waals surface area contributed by atoms with Gasteiger partial charge >= 0.3 is 0 Å². The molecule has 3 nitrogen and oxygen atoms in total. The van der Waals surface area contributed by atoms with Gasteiger partial charge in [0, 0.05) is 16.6 Å². The van der Waals surface area contributed by atoms with E-state index in [0.29, 0.717) is 0 Å². The first-order valence-corrected chi connectivity index (χ1v) is 8.72. The molecule has 2 aromatic carbocycles. The standard InChI is InChI=1S/C20H17NO2S/c1-22-15-10-8-14(9-11-15)20-13-17(18-6-4-12-23-18)21-16-5-2-3-7-19(16)24-20/h2-12,20H,13H2,1H3/t20-/m0/s1. The lowest BCUT2D eigenvalue weighted by molar-refractivity contribution is 0.414. The molecule has 0 saturated carbocycles. The third kappa shape index (κ3) is 2.97. The van der Waals surface area contributed by atoms with E-state index in [1.54, 1.807) is 13.4 Å². The van der Waals surface area contributed by atoms with Gasteiger partial charge in [0.15, 0.2) is 0 Å². The van der Waals surface area contributed by atoms with E-state index in [0.717, 1.165) is 29.3 Å². The molecule has 0 unspecified atom stereocenters. The minimum Gasteiger partial charge on any atom is -0.497 e. The summed E-state index contributed by atoms with van der Waals surface area (Å²) in [7, 11) is 1.69. The predicted octanol–water partition coefficient (Wildman–Crippen LogP) is 5.65. The molecule has 120 valence electrons. The Morgan fingerprint density at radius 1 is 1.04 bits per heavy atom. The summed E-state index contributed by atoms with van der Waals surface area (Å²) in [5.41, 5.74) is 3.25. The van der Waals surface area contributed by atoms with Crippen LogP contribution in [0.1, 0.15) is 23.0 Å². The summed E-state index contributed by atoms with van der Waals surface area (Å²) < 4.78 is 10.9. The smallest absolute Gasteiger partial charge is 0.148 e. The molecular formula is C20H17NO2S. The molecule has 0 aliphatic carbocycles. The Bertz CT molecular complexity index is 854. The number of benzene rings is 2. The minimum absolute atomic E-state index is 0.281. The summed E-state index contributed by atoms with van der Waals surface area (Å²) in [6.45, 7) is 0. The van der Waals surface area contributed by atoms with E-state index in [2.05, 4.69) is 30.3 Å². The highest BCUT2D eigenvalue weighted by Gasteiger charge is 2.23. The van der Waals surface area contributed by atoms with Crippen molar-refractivity contribution in [3.05, 3.63) is 78.3 Å². The molecular weight excluding hydrogens is 318 g/mol. The fourth-order valence-electron chi connectivity index (χ4n) is 2.81. The van der Waals surface area contributed by atoms with Gasteiger partial charge in [0.05, 0.1) is 24.8 Å². The van der Waals surface area contributed by atoms with Crippen LogP contribution < -0.4 is 4.74 Å². The van der Waals surface area contributed by atoms with E-state index in [4.69, 9.17) is 14.1 Å². The number of nitrogens with zero attached hydrogens (tertiary/aromatic N) is 1. The molecule has 0 spiro atoms. The van der Waals surface area contributed by atoms with Crippen molar-refractivity contribution in [1.82, 2.24) is 0 Å². The van der Waals surface area contributed by atoms with Crippen LogP contribution in [0.15, 0.2) is 81.2 Å². The van der Waals surface area contributed by atoms with Gasteiger partial charge in [-0.2, -0.15) is 0 Å². The van der Waals surface area contributed by atoms with Crippen molar-refractivity contribution in [2.24, 2.45) is 4.99 Å². The molecule has 0 bridgehead atoms. The van der Waals surface area contributed by atoms with Gasteiger partial charge in [-0.25, -0.2) is 4.99 Å². The number of furan rings is 1. The Labute approximate surface area is 145 Å². The number of fused-ring (bicyclic) bond motifs is 1. The number of rotatable bonds is 3. The maximum atomic E-state index is 5.60. The highest BCUT2D eigenvalue weighted by atomic mass is 32.2. The molecule has 1 aliphatic rings. The zero-order valence-electron chi connectivity index (χ0n) is 13.3. The van der Waals surface area contributed by atoms with Crippen molar-refractivity contribution >= 4 is 23.2 Å². The van der Waals surface area contributed by atoms with Crippen LogP contribution in [0.25, 0.3) is 0 Å². The molecule has 3 aromatic rings. The summed E-state index contributed by atoms with van der Waals surface area (Å²) in [4.78, 5) is 6.06. The lowest BCUT2D eigenvalue weighted by Gasteiger charge is -2.16. The zero-order chi connectivity index (χ0) is 16.4. The molecule has 0 saturated heterocycles. The number of methoxy groups -OCH3 is 1. The number of hydrogen-bond acceptors (Lipinski definition) is 4. The summed E-state index contributed by atoms with van der Waals surface area (Å²) in [5.74, 6) is 1.71. The normalized spacial score (nSPS) is 16.9. The molecule has 0 N–H and O–H groups in total. The van der Waals surface area contributed by atoms with E-state index in [-0.39, 0.29) is 5.25 Å². The van der Waals surface area contributed by atoms with Crippen molar-refractivity contribution in [1.29, 1.82) is 0 Å². The lowest BCUT2D eigenvalue weighted by Crippen LogP contribution is -2.04. The maximum absolute atomic E-state index is 5.60. The number of ether oxygens (including phenoxy) is 1. The third-order valence-electron chi connectivity index (χ3n) is 4.06. The minimum atomic E-state index is 0.281. The van der Waals surface area contributed by atoms with Gasteiger partial charge in [-0.1, -0.05) is 24.3 Å². The van der Waals surface area contributed by atoms with Gasteiger partial charge in [-0.05, 0) is 42.0 Å². The number of thioether (sulfide) groups is 1. The number of aliphatic imine (C=N–C) groups is 1. The zero-order valence-corrected chi connectivity index (χ0v) is 14.1. The van der Waals surface area contributed by atoms with Crippen LogP contribution in [-0.4, -0.2) is 12.8 Å². The lowest BCUT2D eigenvalue weighted by atomic mass is 10.0. The molecule has 1 aromatic heterocycles. The van der Waals surface area contributed by atoms with E-state index in [9.17, 15) is 0 Å². The molecule has 4 rings (SSSR count). The van der Waals surface area contributed by atoms with Crippen molar-refractivity contribution in [3.8, 4) is 5.75 Å². The summed E-state index contributed by atoms with van der Waals surface area (Å²) >= 11 is 1.85. The molecule has 0 amide bonds. The molecule has 0 radical (unpaired) electrons. The first-order valence-electron chi connectivity index (χ1n) is 7.84. The largest absolute Gasteiger partial charge is 0.497 e. The first-order chi connectivity index (χ1) is 11.8. The predicted molar refractivity (Wildman–Crippen MR) is 97.6 cm³/mol. The van der Waals surface area contributed by atoms with Crippen LogP contribution in [0.5, 0.6) is 5.75 Å². The molecule has 1 atom stereocenters. The Kier molecular flexibility index (Phi) is 4.13. The van der Waals surface area contributed by atoms with Crippen molar-refractivity contribution in [2.75, 3.05) is 7.11 Å². The van der Waals surface area contributed by atoms with Gasteiger partial charge in [-0.15, -0.1) is 11.8 Å². The van der Waals surface area contributed by atoms with Gasteiger partial charge in [-0.3, -0.25) is 0 Å². The third-order valence-corrected chi connectivity index (χ3v) is 5.38. The van der Waals surface area contributed by atoms with Gasteiger partial charge in [0.25, 0.3) is 0 Å². The van der Waals surface area contributed by atoms with Crippen LogP contribution in [0.3, 0.4) is 0 Å². The second-order valence-corrected chi connectivity index (χ2v) is 6.83. The Morgan fingerprint density at radius 2 is 1.88 bits per heavy atom. The summed E-state index contributed by atoms with van der Waals surface area (Å²) in [6.07, 6.45) is 2.52. The highest BCUT2D eigenvalue weighted by molar-refractivity contribution is 7.99. The highest BCUT2D eigenvalue weighted by Crippen LogP contribution is 2.45. The fourth-order valence-corrected chi connectivity index (χ4v) is 4.05. The summed E-state index contributed by atoms with van der Waals surface area (Å²) in [5, 5.41) is 0.281. The molecule has 1 aliphatic heterocycles. The van der Waals surface area contributed by atoms with E-state index in [1.807, 2.05) is 42.1 Å². The van der Waals surface area contributed by atoms with Gasteiger partial charge in [0.2, 0.25) is 0 Å².